The van der Waals surface area contributed by atoms with E-state index in [0.29, 0.717) is 65.6 Å². The van der Waals surface area contributed by atoms with Gasteiger partial charge in [-0.25, -0.2) is 8.78 Å². The largest absolute Gasteiger partial charge is 0.496 e. The number of amides is 2. The van der Waals surface area contributed by atoms with Crippen LogP contribution in [0.1, 0.15) is 49.7 Å². The van der Waals surface area contributed by atoms with Gasteiger partial charge >= 0.3 is 6.18 Å². The molecule has 2 amide bonds. The summed E-state index contributed by atoms with van der Waals surface area (Å²) in [7, 11) is 3.05. The van der Waals surface area contributed by atoms with Crippen molar-refractivity contribution in [3.8, 4) is 16.9 Å². The standard InChI is InChI=1S/C42H44F5N5O5/c1-50-22-32(30-20-27(43)3-5-29(30)41(50)56)26-18-34(44)31(38(19-26)57-2)17-24-9-13-51(14-10-24)23-37(53)25-11-15-52(16-12-25)36-7-4-28(21-33(36)42(45,46)47)48-35-6-8-39(54)49-40(35)55/h3-5,7,18-22,24-25,35,48H,6,8-17,23H2,1-2H3,(H,49,54,55). The SMILES string of the molecule is COc1cc(-c2cn(C)c(=O)c3ccc(F)cc23)cc(F)c1CC1CCN(CC(=O)C2CCN(c3ccc(NC4CCC(=O)NC4=O)cc3C(F)(F)F)CC2)CC1. The molecule has 3 fully saturated rings. The Hall–Kier alpha value is -5.31. The molecular formula is C42H44F5N5O5. The van der Waals surface area contributed by atoms with E-state index in [2.05, 4.69) is 15.5 Å². The molecule has 302 valence electrons. The Bertz CT molecular complexity index is 2260. The molecule has 4 aromatic rings. The third-order valence-electron chi connectivity index (χ3n) is 11.6. The lowest BCUT2D eigenvalue weighted by molar-refractivity contribution is -0.137. The van der Waals surface area contributed by atoms with Crippen LogP contribution in [0.5, 0.6) is 5.75 Å². The normalized spacial score (nSPS) is 18.9. The highest BCUT2D eigenvalue weighted by Gasteiger charge is 2.37. The molecule has 3 aromatic carbocycles. The Labute approximate surface area is 326 Å². The van der Waals surface area contributed by atoms with Gasteiger partial charge in [0.2, 0.25) is 11.8 Å². The van der Waals surface area contributed by atoms with Crippen LogP contribution < -0.4 is 25.8 Å². The van der Waals surface area contributed by atoms with E-state index in [9.17, 15) is 36.7 Å². The summed E-state index contributed by atoms with van der Waals surface area (Å²) in [5.74, 6) is -1.70. The Balaban J connectivity index is 0.934. The fourth-order valence-electron chi connectivity index (χ4n) is 8.41. The third kappa shape index (κ3) is 8.68. The summed E-state index contributed by atoms with van der Waals surface area (Å²) in [4.78, 5) is 53.4. The van der Waals surface area contributed by atoms with Gasteiger partial charge in [0.05, 0.1) is 19.2 Å². The van der Waals surface area contributed by atoms with Crippen LogP contribution in [0.3, 0.4) is 0 Å². The zero-order chi connectivity index (χ0) is 40.6. The van der Waals surface area contributed by atoms with Crippen LogP contribution >= 0.6 is 0 Å². The number of likely N-dealkylation sites (tertiary alicyclic amines) is 1. The highest BCUT2D eigenvalue weighted by molar-refractivity contribution is 6.01. The first-order chi connectivity index (χ1) is 27.2. The number of fused-ring (bicyclic) bond motifs is 1. The minimum Gasteiger partial charge on any atom is -0.496 e. The fourth-order valence-corrected chi connectivity index (χ4v) is 8.41. The van der Waals surface area contributed by atoms with Crippen LogP contribution in [0.25, 0.3) is 21.9 Å². The number of imide groups is 1. The molecule has 0 saturated carbocycles. The van der Waals surface area contributed by atoms with Crippen molar-refractivity contribution in [1.82, 2.24) is 14.8 Å². The van der Waals surface area contributed by atoms with Crippen molar-refractivity contribution in [2.45, 2.75) is 57.2 Å². The maximum Gasteiger partial charge on any atom is 0.418 e. The molecule has 0 spiro atoms. The van der Waals surface area contributed by atoms with Crippen molar-refractivity contribution in [2.24, 2.45) is 18.9 Å². The van der Waals surface area contributed by atoms with Crippen molar-refractivity contribution in [3.05, 3.63) is 87.8 Å². The number of alkyl halides is 3. The molecule has 3 aliphatic heterocycles. The molecule has 1 aromatic heterocycles. The van der Waals surface area contributed by atoms with E-state index in [1.807, 2.05) is 0 Å². The lowest BCUT2D eigenvalue weighted by Gasteiger charge is -2.36. The minimum atomic E-state index is -4.65. The monoisotopic (exact) mass is 793 g/mol. The zero-order valence-electron chi connectivity index (χ0n) is 31.7. The zero-order valence-corrected chi connectivity index (χ0v) is 31.7. The number of rotatable bonds is 10. The number of carbonyl (C=O) groups excluding carboxylic acids is 3. The molecule has 1 unspecified atom stereocenters. The number of hydrogen-bond acceptors (Lipinski definition) is 8. The molecule has 0 radical (unpaired) electrons. The second-order valence-electron chi connectivity index (χ2n) is 15.3. The first-order valence-corrected chi connectivity index (χ1v) is 19.2. The van der Waals surface area contributed by atoms with Crippen molar-refractivity contribution in [1.29, 1.82) is 0 Å². The van der Waals surface area contributed by atoms with Crippen molar-refractivity contribution in [2.75, 3.05) is 50.1 Å². The van der Waals surface area contributed by atoms with Crippen LogP contribution in [0.2, 0.25) is 0 Å². The first kappa shape index (κ1) is 39.9. The summed E-state index contributed by atoms with van der Waals surface area (Å²) < 4.78 is 79.8. The van der Waals surface area contributed by atoms with E-state index in [4.69, 9.17) is 4.74 Å². The number of piperidine rings is 3. The number of pyridine rings is 1. The van der Waals surface area contributed by atoms with Gasteiger partial charge in [-0.3, -0.25) is 29.4 Å². The van der Waals surface area contributed by atoms with Gasteiger partial charge in [0, 0.05) is 66.6 Å². The second kappa shape index (κ2) is 16.3. The molecular weight excluding hydrogens is 749 g/mol. The first-order valence-electron chi connectivity index (χ1n) is 19.2. The quantitative estimate of drug-likeness (QED) is 0.139. The number of hydrogen-bond donors (Lipinski definition) is 2. The number of halogens is 5. The maximum absolute atomic E-state index is 15.8. The molecule has 3 saturated heterocycles. The van der Waals surface area contributed by atoms with E-state index in [1.165, 1.54) is 48.1 Å². The Morgan fingerprint density at radius 1 is 0.912 bits per heavy atom. The molecule has 7 rings (SSSR count). The average molecular weight is 794 g/mol. The molecule has 57 heavy (non-hydrogen) atoms. The molecule has 1 atom stereocenters. The topological polar surface area (TPSA) is 113 Å². The van der Waals surface area contributed by atoms with E-state index in [-0.39, 0.29) is 67.0 Å². The van der Waals surface area contributed by atoms with Gasteiger partial charge in [-0.2, -0.15) is 13.2 Å². The van der Waals surface area contributed by atoms with Gasteiger partial charge in [0.15, 0.2) is 0 Å². The van der Waals surface area contributed by atoms with Crippen LogP contribution in [0.4, 0.5) is 33.3 Å². The number of ether oxygens (including phenoxy) is 1. The second-order valence-corrected chi connectivity index (χ2v) is 15.3. The van der Waals surface area contributed by atoms with Crippen LogP contribution in [0, 0.1) is 23.5 Å². The van der Waals surface area contributed by atoms with E-state index in [0.717, 1.165) is 18.9 Å². The van der Waals surface area contributed by atoms with Gasteiger partial charge in [-0.15, -0.1) is 0 Å². The third-order valence-corrected chi connectivity index (χ3v) is 11.6. The number of anilines is 2. The van der Waals surface area contributed by atoms with Gasteiger partial charge in [-0.05, 0) is 117 Å². The summed E-state index contributed by atoms with van der Waals surface area (Å²) in [5.41, 5.74) is 0.399. The summed E-state index contributed by atoms with van der Waals surface area (Å²) >= 11 is 0. The predicted molar refractivity (Wildman–Crippen MR) is 205 cm³/mol. The van der Waals surface area contributed by atoms with E-state index >= 15 is 4.39 Å². The van der Waals surface area contributed by atoms with Crippen molar-refractivity contribution in [3.63, 3.8) is 0 Å². The molecule has 4 heterocycles. The number of ketones is 1. The average Bonchev–Trinajstić information content (AvgIpc) is 3.18. The number of carbonyl (C=O) groups is 3. The lowest BCUT2D eigenvalue weighted by Crippen LogP contribution is -2.47. The van der Waals surface area contributed by atoms with Crippen LogP contribution in [-0.2, 0) is 34.0 Å². The lowest BCUT2D eigenvalue weighted by atomic mass is 9.87. The highest BCUT2D eigenvalue weighted by Crippen LogP contribution is 2.40. The summed E-state index contributed by atoms with van der Waals surface area (Å²) in [6, 6.07) is 10.1. The highest BCUT2D eigenvalue weighted by atomic mass is 19.4. The number of nitrogens with one attached hydrogen (secondary N) is 2. The van der Waals surface area contributed by atoms with Crippen molar-refractivity contribution < 1.29 is 41.1 Å². The van der Waals surface area contributed by atoms with Gasteiger partial charge in [-0.1, -0.05) is 0 Å². The summed E-state index contributed by atoms with van der Waals surface area (Å²) in [6.45, 7) is 2.08. The number of nitrogens with zero attached hydrogens (tertiary/aromatic N) is 3. The molecule has 10 nitrogen and oxygen atoms in total. The van der Waals surface area contributed by atoms with E-state index in [1.54, 1.807) is 24.2 Å². The van der Waals surface area contributed by atoms with Gasteiger partial charge < -0.3 is 19.5 Å². The molecule has 0 aliphatic carbocycles. The predicted octanol–water partition coefficient (Wildman–Crippen LogP) is 6.47. The molecule has 0 bridgehead atoms. The maximum atomic E-state index is 15.8. The molecule has 15 heteroatoms. The number of Topliss-reactive ketones (excluding diaryl/α,β-unsaturated/α-hetero) is 1. The van der Waals surface area contributed by atoms with Crippen LogP contribution in [-0.4, -0.2) is 72.9 Å². The van der Waals surface area contributed by atoms with Gasteiger partial charge in [0.25, 0.3) is 5.56 Å². The Morgan fingerprint density at radius 3 is 2.33 bits per heavy atom. The van der Waals surface area contributed by atoms with Gasteiger partial charge in [0.1, 0.15) is 29.2 Å². The smallest absolute Gasteiger partial charge is 0.418 e. The number of aryl methyl sites for hydroxylation is 1. The number of aromatic nitrogens is 1. The fraction of sp³-hybridized carbons (Fsp3) is 0.429. The molecule has 3 aliphatic rings. The molecule has 2 N–H and O–H groups in total. The number of benzene rings is 3. The Morgan fingerprint density at radius 2 is 1.65 bits per heavy atom. The van der Waals surface area contributed by atoms with Crippen molar-refractivity contribution >= 4 is 39.7 Å². The van der Waals surface area contributed by atoms with Crippen LogP contribution in [0.15, 0.2) is 59.5 Å². The summed E-state index contributed by atoms with van der Waals surface area (Å²) in [6.07, 6.45) is -0.0902. The Kier molecular flexibility index (Phi) is 11.4. The van der Waals surface area contributed by atoms with E-state index < -0.39 is 41.2 Å². The minimum absolute atomic E-state index is 0.0166. The number of methoxy groups -OCH3 is 1. The summed E-state index contributed by atoms with van der Waals surface area (Å²) in [5, 5.41) is 5.71.